The van der Waals surface area contributed by atoms with E-state index in [1.807, 2.05) is 7.05 Å². The Morgan fingerprint density at radius 1 is 0.935 bits per heavy atom. The topological polar surface area (TPSA) is 54.4 Å². The van der Waals surface area contributed by atoms with Crippen LogP contribution in [-0.2, 0) is 4.79 Å². The average molecular weight is 549 g/mol. The first-order valence-corrected chi connectivity index (χ1v) is 12.2. The van der Waals surface area contributed by atoms with Crippen molar-refractivity contribution in [2.24, 2.45) is 16.8 Å². The lowest BCUT2D eigenvalue weighted by Crippen LogP contribution is -2.55. The first-order valence-electron chi connectivity index (χ1n) is 12.2. The summed E-state index contributed by atoms with van der Waals surface area (Å²) in [4.78, 5) is 26.4. The van der Waals surface area contributed by atoms with E-state index in [1.165, 1.54) is 38.9 Å². The van der Waals surface area contributed by atoms with Gasteiger partial charge in [-0.3, -0.25) is 14.7 Å². The van der Waals surface area contributed by atoms with Gasteiger partial charge in [-0.1, -0.05) is 13.8 Å². The molecule has 3 heterocycles. The number of guanidine groups is 1. The van der Waals surface area contributed by atoms with Crippen molar-refractivity contribution in [3.8, 4) is 0 Å². The molecule has 1 amide bonds. The van der Waals surface area contributed by atoms with Gasteiger partial charge in [0.2, 0.25) is 5.91 Å². The highest BCUT2D eigenvalue weighted by atomic mass is 127. The number of aliphatic imine (C=N–C) groups is 1. The highest BCUT2D eigenvalue weighted by Crippen LogP contribution is 2.17. The SMILES string of the molecule is CN=C(NCC1CCCN(CC(C)C)C1)N1CCN(CC(=O)N2CCCCC2)CC1.I. The summed E-state index contributed by atoms with van der Waals surface area (Å²) in [5, 5.41) is 3.65. The normalized spacial score (nSPS) is 24.3. The number of nitrogens with one attached hydrogen (secondary N) is 1. The third-order valence-electron chi connectivity index (χ3n) is 6.73. The number of piperidine rings is 2. The third kappa shape index (κ3) is 8.68. The Kier molecular flexibility index (Phi) is 11.9. The highest BCUT2D eigenvalue weighted by molar-refractivity contribution is 14.0. The van der Waals surface area contributed by atoms with Gasteiger partial charge in [0.05, 0.1) is 6.54 Å². The molecule has 3 saturated heterocycles. The fraction of sp³-hybridized carbons (Fsp3) is 0.913. The summed E-state index contributed by atoms with van der Waals surface area (Å²) >= 11 is 0. The van der Waals surface area contributed by atoms with Crippen LogP contribution in [0.25, 0.3) is 0 Å². The minimum atomic E-state index is 0. The summed E-state index contributed by atoms with van der Waals surface area (Å²) in [7, 11) is 1.89. The van der Waals surface area contributed by atoms with Crippen molar-refractivity contribution in [1.82, 2.24) is 24.9 Å². The van der Waals surface area contributed by atoms with E-state index in [4.69, 9.17) is 0 Å². The lowest BCUT2D eigenvalue weighted by molar-refractivity contribution is -0.133. The summed E-state index contributed by atoms with van der Waals surface area (Å²) in [6.07, 6.45) is 6.22. The fourth-order valence-corrected chi connectivity index (χ4v) is 5.12. The molecule has 7 nitrogen and oxygen atoms in total. The summed E-state index contributed by atoms with van der Waals surface area (Å²) in [6.45, 7) is 15.5. The summed E-state index contributed by atoms with van der Waals surface area (Å²) in [5.74, 6) is 2.78. The van der Waals surface area contributed by atoms with Crippen molar-refractivity contribution in [3.63, 3.8) is 0 Å². The summed E-state index contributed by atoms with van der Waals surface area (Å²) in [6, 6.07) is 0. The van der Waals surface area contributed by atoms with E-state index in [9.17, 15) is 4.79 Å². The zero-order chi connectivity index (χ0) is 21.3. The second-order valence-corrected chi connectivity index (χ2v) is 9.79. The second-order valence-electron chi connectivity index (χ2n) is 9.79. The molecule has 0 aromatic rings. The fourth-order valence-electron chi connectivity index (χ4n) is 5.12. The van der Waals surface area contributed by atoms with Gasteiger partial charge in [0, 0.05) is 66.0 Å². The molecular formula is C23H45IN6O. The van der Waals surface area contributed by atoms with Gasteiger partial charge >= 0.3 is 0 Å². The van der Waals surface area contributed by atoms with Crippen LogP contribution >= 0.6 is 24.0 Å². The van der Waals surface area contributed by atoms with E-state index in [2.05, 4.69) is 43.8 Å². The monoisotopic (exact) mass is 548 g/mol. The Morgan fingerprint density at radius 3 is 2.29 bits per heavy atom. The number of likely N-dealkylation sites (tertiary alicyclic amines) is 2. The number of amides is 1. The van der Waals surface area contributed by atoms with Crippen LogP contribution in [-0.4, -0.2) is 111 Å². The number of hydrogen-bond acceptors (Lipinski definition) is 4. The van der Waals surface area contributed by atoms with Crippen molar-refractivity contribution < 1.29 is 4.79 Å². The van der Waals surface area contributed by atoms with Crippen molar-refractivity contribution in [3.05, 3.63) is 0 Å². The predicted octanol–water partition coefficient (Wildman–Crippen LogP) is 2.18. The zero-order valence-electron chi connectivity index (χ0n) is 20.0. The van der Waals surface area contributed by atoms with Crippen LogP contribution in [0.5, 0.6) is 0 Å². The molecule has 0 saturated carbocycles. The number of nitrogens with zero attached hydrogens (tertiary/aromatic N) is 5. The zero-order valence-corrected chi connectivity index (χ0v) is 22.4. The molecule has 31 heavy (non-hydrogen) atoms. The van der Waals surface area contributed by atoms with Gasteiger partial charge in [-0.25, -0.2) is 0 Å². The smallest absolute Gasteiger partial charge is 0.236 e. The van der Waals surface area contributed by atoms with Crippen LogP contribution < -0.4 is 5.32 Å². The van der Waals surface area contributed by atoms with Gasteiger partial charge in [-0.2, -0.15) is 0 Å². The minimum Gasteiger partial charge on any atom is -0.356 e. The first-order chi connectivity index (χ1) is 14.5. The lowest BCUT2D eigenvalue weighted by Gasteiger charge is -2.38. The van der Waals surface area contributed by atoms with Crippen molar-refractivity contribution in [2.45, 2.75) is 46.0 Å². The molecule has 0 radical (unpaired) electrons. The molecule has 3 rings (SSSR count). The second kappa shape index (κ2) is 13.8. The molecule has 1 unspecified atom stereocenters. The number of hydrogen-bond donors (Lipinski definition) is 1. The molecule has 3 aliphatic heterocycles. The van der Waals surface area contributed by atoms with Gasteiger partial charge in [-0.15, -0.1) is 24.0 Å². The van der Waals surface area contributed by atoms with Gasteiger partial charge < -0.3 is 20.0 Å². The van der Waals surface area contributed by atoms with E-state index in [1.54, 1.807) is 0 Å². The van der Waals surface area contributed by atoms with Crippen LogP contribution in [0.1, 0.15) is 46.0 Å². The molecule has 0 bridgehead atoms. The van der Waals surface area contributed by atoms with Gasteiger partial charge in [0.25, 0.3) is 0 Å². The van der Waals surface area contributed by atoms with Crippen LogP contribution in [0.2, 0.25) is 0 Å². The van der Waals surface area contributed by atoms with Crippen molar-refractivity contribution >= 4 is 35.8 Å². The summed E-state index contributed by atoms with van der Waals surface area (Å²) < 4.78 is 0. The number of rotatable bonds is 6. The first kappa shape index (κ1) is 26.6. The Morgan fingerprint density at radius 2 is 1.65 bits per heavy atom. The Hall–Kier alpha value is -0.610. The minimum absolute atomic E-state index is 0. The van der Waals surface area contributed by atoms with Crippen LogP contribution in [0, 0.1) is 11.8 Å². The Bertz CT molecular complexity index is 558. The van der Waals surface area contributed by atoms with Crippen molar-refractivity contribution in [1.29, 1.82) is 0 Å². The number of carbonyl (C=O) groups is 1. The average Bonchev–Trinajstić information content (AvgIpc) is 2.75. The molecule has 0 aromatic heterocycles. The van der Waals surface area contributed by atoms with E-state index >= 15 is 0 Å². The van der Waals surface area contributed by atoms with E-state index < -0.39 is 0 Å². The molecule has 0 aromatic carbocycles. The third-order valence-corrected chi connectivity index (χ3v) is 6.73. The molecule has 1 N–H and O–H groups in total. The van der Waals surface area contributed by atoms with E-state index in [0.717, 1.165) is 70.5 Å². The van der Waals surface area contributed by atoms with Crippen molar-refractivity contribution in [2.75, 3.05) is 79.0 Å². The molecule has 1 atom stereocenters. The van der Waals surface area contributed by atoms with Crippen LogP contribution in [0.3, 0.4) is 0 Å². The molecule has 0 spiro atoms. The number of halogens is 1. The molecule has 3 aliphatic rings. The number of piperazine rings is 1. The quantitative estimate of drug-likeness (QED) is 0.314. The standard InChI is InChI=1S/C23H44N6O.HI/c1-20(2)17-27-9-7-8-21(18-27)16-25-23(24-3)29-14-12-26(13-15-29)19-22(30)28-10-5-4-6-11-28;/h20-21H,4-19H2,1-3H3,(H,24,25);1H. The molecular weight excluding hydrogens is 503 g/mol. The van der Waals surface area contributed by atoms with Crippen LogP contribution in [0.15, 0.2) is 4.99 Å². The van der Waals surface area contributed by atoms with Gasteiger partial charge in [0.1, 0.15) is 0 Å². The Balaban J connectivity index is 0.00000341. The molecule has 0 aliphatic carbocycles. The molecule has 180 valence electrons. The van der Waals surface area contributed by atoms with Gasteiger partial charge in [-0.05, 0) is 50.5 Å². The largest absolute Gasteiger partial charge is 0.356 e. The van der Waals surface area contributed by atoms with Gasteiger partial charge in [0.15, 0.2) is 5.96 Å². The van der Waals surface area contributed by atoms with Crippen LogP contribution in [0.4, 0.5) is 0 Å². The lowest BCUT2D eigenvalue weighted by atomic mass is 9.97. The van der Waals surface area contributed by atoms with E-state index in [-0.39, 0.29) is 24.0 Å². The number of carbonyl (C=O) groups excluding carboxylic acids is 1. The Labute approximate surface area is 207 Å². The maximum Gasteiger partial charge on any atom is 0.236 e. The molecule has 8 heteroatoms. The van der Waals surface area contributed by atoms with E-state index in [0.29, 0.717) is 18.4 Å². The molecule has 3 fully saturated rings. The highest BCUT2D eigenvalue weighted by Gasteiger charge is 2.25. The summed E-state index contributed by atoms with van der Waals surface area (Å²) in [5.41, 5.74) is 0. The maximum absolute atomic E-state index is 12.5. The maximum atomic E-state index is 12.5. The predicted molar refractivity (Wildman–Crippen MR) is 139 cm³/mol.